The molecule has 0 spiro atoms. The third kappa shape index (κ3) is 6.05. The van der Waals surface area contributed by atoms with Crippen molar-refractivity contribution in [2.45, 2.75) is 56.3 Å². The van der Waals surface area contributed by atoms with Gasteiger partial charge in [0.1, 0.15) is 15.6 Å². The highest BCUT2D eigenvalue weighted by molar-refractivity contribution is 7.89. The van der Waals surface area contributed by atoms with Crippen LogP contribution in [-0.2, 0) is 22.9 Å². The molecule has 1 fully saturated rings. The van der Waals surface area contributed by atoms with Crippen molar-refractivity contribution in [3.8, 4) is 5.75 Å². The molecule has 2 aromatic carbocycles. The van der Waals surface area contributed by atoms with Gasteiger partial charge in [0.05, 0.1) is 17.7 Å². The molecule has 1 aliphatic heterocycles. The van der Waals surface area contributed by atoms with E-state index < -0.39 is 15.9 Å². The normalized spacial score (nSPS) is 16.1. The van der Waals surface area contributed by atoms with Crippen LogP contribution >= 0.6 is 22.9 Å². The molecule has 2 aliphatic rings. The lowest BCUT2D eigenvalue weighted by Gasteiger charge is -2.21. The number of nitrogens with one attached hydrogen (secondary N) is 2. The zero-order valence-corrected chi connectivity index (χ0v) is 24.7. The molecule has 11 heteroatoms. The fraction of sp³-hybridized carbons (Fsp3) is 0.379. The topological polar surface area (TPSA) is 105 Å². The smallest absolute Gasteiger partial charge is 0.258 e. The van der Waals surface area contributed by atoms with Gasteiger partial charge in [-0.1, -0.05) is 24.4 Å². The SMILES string of the molecule is COc1ccc(NC(=O)c2c(NC(=O)c3ccc(Cl)c(S(=O)(=O)N4CCCCCC4)c3)sc3c2CCCC3)cc1. The molecule has 2 heterocycles. The third-order valence-corrected chi connectivity index (χ3v) is 10.9. The maximum absolute atomic E-state index is 13.5. The third-order valence-electron chi connectivity index (χ3n) is 7.35. The van der Waals surface area contributed by atoms with Gasteiger partial charge in [-0.15, -0.1) is 11.3 Å². The lowest BCUT2D eigenvalue weighted by Crippen LogP contribution is -2.32. The van der Waals surface area contributed by atoms with Crippen molar-refractivity contribution in [2.75, 3.05) is 30.8 Å². The van der Waals surface area contributed by atoms with E-state index in [1.54, 1.807) is 31.4 Å². The van der Waals surface area contributed by atoms with Crippen LogP contribution in [0.2, 0.25) is 5.02 Å². The van der Waals surface area contributed by atoms with Gasteiger partial charge < -0.3 is 15.4 Å². The summed E-state index contributed by atoms with van der Waals surface area (Å²) < 4.78 is 33.5. The Morgan fingerprint density at radius 3 is 2.30 bits per heavy atom. The van der Waals surface area contributed by atoms with Crippen LogP contribution in [0.5, 0.6) is 5.75 Å². The van der Waals surface area contributed by atoms with Gasteiger partial charge >= 0.3 is 0 Å². The van der Waals surface area contributed by atoms with Gasteiger partial charge in [-0.25, -0.2) is 8.42 Å². The zero-order chi connectivity index (χ0) is 28.3. The molecule has 2 N–H and O–H groups in total. The number of amides is 2. The first kappa shape index (κ1) is 28.6. The minimum atomic E-state index is -3.86. The van der Waals surface area contributed by atoms with Gasteiger partial charge in [-0.05, 0) is 86.6 Å². The number of benzene rings is 2. The molecule has 40 heavy (non-hydrogen) atoms. The maximum atomic E-state index is 13.5. The molecule has 3 aromatic rings. The molecule has 2 amide bonds. The number of sulfonamides is 1. The first-order chi connectivity index (χ1) is 19.3. The van der Waals surface area contributed by atoms with Crippen molar-refractivity contribution in [3.05, 3.63) is 69.1 Å². The standard InChI is InChI=1S/C29H32ClN3O5S2/c1-38-21-13-11-20(12-14-21)31-28(35)26-22-8-4-5-9-24(22)39-29(26)32-27(34)19-10-15-23(30)25(18-19)40(36,37)33-16-6-2-3-7-17-33/h10-15,18H,2-9,16-17H2,1H3,(H,31,35)(H,32,34). The molecule has 1 saturated heterocycles. The number of ether oxygens (including phenoxy) is 1. The molecule has 0 bridgehead atoms. The number of hydrogen-bond acceptors (Lipinski definition) is 6. The van der Waals surface area contributed by atoms with Crippen LogP contribution < -0.4 is 15.4 Å². The van der Waals surface area contributed by atoms with Gasteiger partial charge in [-0.3, -0.25) is 9.59 Å². The van der Waals surface area contributed by atoms with Crippen LogP contribution in [0.25, 0.3) is 0 Å². The number of carbonyl (C=O) groups excluding carboxylic acids is 2. The summed E-state index contributed by atoms with van der Waals surface area (Å²) in [4.78, 5) is 27.9. The molecule has 0 atom stereocenters. The Labute approximate surface area is 243 Å². The van der Waals surface area contributed by atoms with E-state index in [0.29, 0.717) is 35.1 Å². The molecule has 0 saturated carbocycles. The van der Waals surface area contributed by atoms with E-state index in [1.807, 2.05) is 0 Å². The Kier molecular flexibility index (Phi) is 8.80. The quantitative estimate of drug-likeness (QED) is 0.328. The highest BCUT2D eigenvalue weighted by Crippen LogP contribution is 2.39. The Morgan fingerprint density at radius 2 is 1.60 bits per heavy atom. The van der Waals surface area contributed by atoms with Crippen molar-refractivity contribution in [1.29, 1.82) is 0 Å². The average molecular weight is 602 g/mol. The average Bonchev–Trinajstić information content (AvgIpc) is 3.10. The van der Waals surface area contributed by atoms with Crippen LogP contribution in [0.15, 0.2) is 47.4 Å². The summed E-state index contributed by atoms with van der Waals surface area (Å²) in [6.45, 7) is 0.866. The summed E-state index contributed by atoms with van der Waals surface area (Å²) in [5, 5.41) is 6.37. The van der Waals surface area contributed by atoms with Crippen molar-refractivity contribution in [1.82, 2.24) is 4.31 Å². The number of carbonyl (C=O) groups is 2. The minimum Gasteiger partial charge on any atom is -0.497 e. The first-order valence-electron chi connectivity index (χ1n) is 13.5. The summed E-state index contributed by atoms with van der Waals surface area (Å²) >= 11 is 7.74. The summed E-state index contributed by atoms with van der Waals surface area (Å²) in [5.41, 5.74) is 2.18. The monoisotopic (exact) mass is 601 g/mol. The molecule has 1 aliphatic carbocycles. The highest BCUT2D eigenvalue weighted by Gasteiger charge is 2.30. The fourth-order valence-electron chi connectivity index (χ4n) is 5.20. The fourth-order valence-corrected chi connectivity index (χ4v) is 8.50. The number of aryl methyl sites for hydroxylation is 1. The number of anilines is 2. The van der Waals surface area contributed by atoms with Crippen molar-refractivity contribution in [2.24, 2.45) is 0 Å². The Bertz CT molecular complexity index is 1510. The summed E-state index contributed by atoms with van der Waals surface area (Å²) in [6.07, 6.45) is 7.15. The number of methoxy groups -OCH3 is 1. The predicted molar refractivity (Wildman–Crippen MR) is 159 cm³/mol. The van der Waals surface area contributed by atoms with Crippen LogP contribution in [0.1, 0.15) is 69.7 Å². The van der Waals surface area contributed by atoms with Crippen LogP contribution in [0, 0.1) is 0 Å². The van der Waals surface area contributed by atoms with E-state index in [4.69, 9.17) is 16.3 Å². The summed E-state index contributed by atoms with van der Waals surface area (Å²) in [6, 6.07) is 11.3. The van der Waals surface area contributed by atoms with Gasteiger partial charge in [0.15, 0.2) is 0 Å². The predicted octanol–water partition coefficient (Wildman–Crippen LogP) is 6.36. The van der Waals surface area contributed by atoms with E-state index >= 15 is 0 Å². The summed E-state index contributed by atoms with van der Waals surface area (Å²) in [5.74, 6) is -0.125. The Balaban J connectivity index is 1.42. The van der Waals surface area contributed by atoms with Crippen molar-refractivity contribution < 1.29 is 22.7 Å². The first-order valence-corrected chi connectivity index (χ1v) is 16.1. The van der Waals surface area contributed by atoms with Gasteiger partial charge in [-0.2, -0.15) is 4.31 Å². The number of hydrogen-bond donors (Lipinski definition) is 2. The Morgan fingerprint density at radius 1 is 0.900 bits per heavy atom. The van der Waals surface area contributed by atoms with Crippen LogP contribution in [-0.4, -0.2) is 44.7 Å². The second kappa shape index (κ2) is 12.3. The van der Waals surface area contributed by atoms with Gasteiger partial charge in [0, 0.05) is 29.2 Å². The molecular weight excluding hydrogens is 570 g/mol. The Hall–Kier alpha value is -2.92. The molecular formula is C29H32ClN3O5S2. The van der Waals surface area contributed by atoms with Crippen molar-refractivity contribution >= 4 is 55.5 Å². The number of halogens is 1. The van der Waals surface area contributed by atoms with Gasteiger partial charge in [0.25, 0.3) is 11.8 Å². The molecule has 5 rings (SSSR count). The molecule has 8 nitrogen and oxygen atoms in total. The molecule has 212 valence electrons. The summed E-state index contributed by atoms with van der Waals surface area (Å²) in [7, 11) is -2.28. The maximum Gasteiger partial charge on any atom is 0.258 e. The van der Waals surface area contributed by atoms with E-state index in [9.17, 15) is 18.0 Å². The number of fused-ring (bicyclic) bond motifs is 1. The zero-order valence-electron chi connectivity index (χ0n) is 22.3. The largest absolute Gasteiger partial charge is 0.497 e. The second-order valence-electron chi connectivity index (χ2n) is 10.0. The van der Waals surface area contributed by atoms with Crippen LogP contribution in [0.4, 0.5) is 10.7 Å². The van der Waals surface area contributed by atoms with E-state index in [0.717, 1.165) is 61.8 Å². The van der Waals surface area contributed by atoms with Crippen LogP contribution in [0.3, 0.4) is 0 Å². The van der Waals surface area contributed by atoms with E-state index in [-0.39, 0.29) is 21.4 Å². The van der Waals surface area contributed by atoms with Gasteiger partial charge in [0.2, 0.25) is 10.0 Å². The second-order valence-corrected chi connectivity index (χ2v) is 13.4. The molecule has 0 radical (unpaired) electrons. The lowest BCUT2D eigenvalue weighted by atomic mass is 9.95. The molecule has 0 unspecified atom stereocenters. The van der Waals surface area contributed by atoms with E-state index in [1.165, 1.54) is 33.8 Å². The minimum absolute atomic E-state index is 0.0759. The van der Waals surface area contributed by atoms with Crippen molar-refractivity contribution in [3.63, 3.8) is 0 Å². The number of rotatable bonds is 7. The molecule has 1 aromatic heterocycles. The van der Waals surface area contributed by atoms with E-state index in [2.05, 4.69) is 10.6 Å². The number of thiophene rings is 1. The lowest BCUT2D eigenvalue weighted by molar-refractivity contribution is 0.102. The highest BCUT2D eigenvalue weighted by atomic mass is 35.5. The number of nitrogens with zero attached hydrogens (tertiary/aromatic N) is 1.